The first-order valence-electron chi connectivity index (χ1n) is 7.28. The van der Waals surface area contributed by atoms with Crippen molar-refractivity contribution in [3.63, 3.8) is 0 Å². The first-order chi connectivity index (χ1) is 8.91. The minimum Gasteiger partial charge on any atom is -0.383 e. The van der Waals surface area contributed by atoms with Gasteiger partial charge in [-0.15, -0.1) is 0 Å². The molecule has 0 spiro atoms. The molecule has 1 aliphatic rings. The van der Waals surface area contributed by atoms with Crippen LogP contribution in [0.2, 0.25) is 0 Å². The lowest BCUT2D eigenvalue weighted by Gasteiger charge is -2.26. The number of allylic oxidation sites excluding steroid dienone is 1. The average Bonchev–Trinajstić information content (AvgIpc) is 2.71. The highest BCUT2D eigenvalue weighted by atomic mass is 15.0. The highest BCUT2D eigenvalue weighted by Gasteiger charge is 2.21. The van der Waals surface area contributed by atoms with E-state index in [1.54, 1.807) is 0 Å². The minimum absolute atomic E-state index is 0.166. The van der Waals surface area contributed by atoms with Crippen LogP contribution in [0.5, 0.6) is 0 Å². The zero-order chi connectivity index (χ0) is 14.0. The number of hydrogen-bond acceptors (Lipinski definition) is 2. The van der Waals surface area contributed by atoms with Crippen molar-refractivity contribution in [2.75, 3.05) is 5.32 Å². The van der Waals surface area contributed by atoms with Crippen molar-refractivity contribution in [1.29, 1.82) is 0 Å². The maximum Gasteiger partial charge on any atom is 0.0384 e. The van der Waals surface area contributed by atoms with E-state index in [-0.39, 0.29) is 5.54 Å². The number of benzene rings is 1. The van der Waals surface area contributed by atoms with Gasteiger partial charge in [0, 0.05) is 29.4 Å². The lowest BCUT2D eigenvalue weighted by atomic mass is 10.0. The SMILES string of the molecule is CCC(C)(C)NC1=Cc2cccc(NC(C)C)c2C1. The summed E-state index contributed by atoms with van der Waals surface area (Å²) in [6, 6.07) is 6.98. The van der Waals surface area contributed by atoms with E-state index in [9.17, 15) is 0 Å². The average molecular weight is 258 g/mol. The number of rotatable bonds is 5. The van der Waals surface area contributed by atoms with Gasteiger partial charge in [0.05, 0.1) is 0 Å². The molecule has 2 rings (SSSR count). The van der Waals surface area contributed by atoms with Gasteiger partial charge in [-0.25, -0.2) is 0 Å². The fraction of sp³-hybridized carbons (Fsp3) is 0.529. The van der Waals surface area contributed by atoms with Gasteiger partial charge < -0.3 is 10.6 Å². The molecule has 0 radical (unpaired) electrons. The van der Waals surface area contributed by atoms with E-state index in [2.05, 4.69) is 69.5 Å². The van der Waals surface area contributed by atoms with Crippen molar-refractivity contribution in [2.24, 2.45) is 0 Å². The van der Waals surface area contributed by atoms with Crippen molar-refractivity contribution >= 4 is 11.8 Å². The van der Waals surface area contributed by atoms with Crippen LogP contribution in [0.25, 0.3) is 6.08 Å². The summed E-state index contributed by atoms with van der Waals surface area (Å²) >= 11 is 0. The Morgan fingerprint density at radius 3 is 2.63 bits per heavy atom. The summed E-state index contributed by atoms with van der Waals surface area (Å²) in [7, 11) is 0. The molecule has 19 heavy (non-hydrogen) atoms. The van der Waals surface area contributed by atoms with Crippen molar-refractivity contribution in [1.82, 2.24) is 5.32 Å². The third-order valence-electron chi connectivity index (χ3n) is 3.74. The number of nitrogens with one attached hydrogen (secondary N) is 2. The topological polar surface area (TPSA) is 24.1 Å². The molecule has 0 unspecified atom stereocenters. The molecule has 2 N–H and O–H groups in total. The number of hydrogen-bond donors (Lipinski definition) is 2. The van der Waals surface area contributed by atoms with Gasteiger partial charge in [0.1, 0.15) is 0 Å². The summed E-state index contributed by atoms with van der Waals surface area (Å²) in [5.74, 6) is 0. The highest BCUT2D eigenvalue weighted by Crippen LogP contribution is 2.31. The quantitative estimate of drug-likeness (QED) is 0.828. The van der Waals surface area contributed by atoms with Crippen molar-refractivity contribution in [2.45, 2.75) is 59.0 Å². The maximum atomic E-state index is 3.67. The summed E-state index contributed by atoms with van der Waals surface area (Å²) < 4.78 is 0. The normalized spacial score (nSPS) is 14.3. The maximum absolute atomic E-state index is 3.67. The molecule has 104 valence electrons. The van der Waals surface area contributed by atoms with Crippen LogP contribution in [-0.2, 0) is 6.42 Å². The van der Waals surface area contributed by atoms with Gasteiger partial charge in [-0.1, -0.05) is 19.1 Å². The van der Waals surface area contributed by atoms with E-state index < -0.39 is 0 Å². The molecule has 0 saturated heterocycles. The predicted octanol–water partition coefficient (Wildman–Crippen LogP) is 4.18. The second kappa shape index (κ2) is 5.28. The highest BCUT2D eigenvalue weighted by molar-refractivity contribution is 5.71. The first kappa shape index (κ1) is 14.0. The number of fused-ring (bicyclic) bond motifs is 1. The van der Waals surface area contributed by atoms with E-state index in [0.717, 1.165) is 12.8 Å². The molecule has 0 aliphatic heterocycles. The second-order valence-corrected chi connectivity index (χ2v) is 6.38. The molecule has 1 aromatic rings. The molecule has 0 fully saturated rings. The molecule has 0 aromatic heterocycles. The van der Waals surface area contributed by atoms with E-state index in [1.165, 1.54) is 22.5 Å². The molecule has 0 saturated carbocycles. The largest absolute Gasteiger partial charge is 0.383 e. The van der Waals surface area contributed by atoms with E-state index in [1.807, 2.05) is 0 Å². The van der Waals surface area contributed by atoms with Gasteiger partial charge >= 0.3 is 0 Å². The Hall–Kier alpha value is -1.44. The lowest BCUT2D eigenvalue weighted by molar-refractivity contribution is 0.413. The summed E-state index contributed by atoms with van der Waals surface area (Å²) in [6.45, 7) is 11.1. The molecule has 0 atom stereocenters. The van der Waals surface area contributed by atoms with Crippen LogP contribution in [0.3, 0.4) is 0 Å². The molecular weight excluding hydrogens is 232 g/mol. The Balaban J connectivity index is 2.17. The van der Waals surface area contributed by atoms with Crippen LogP contribution >= 0.6 is 0 Å². The van der Waals surface area contributed by atoms with Crippen LogP contribution in [0.4, 0.5) is 5.69 Å². The zero-order valence-corrected chi connectivity index (χ0v) is 12.8. The van der Waals surface area contributed by atoms with Crippen molar-refractivity contribution in [3.05, 3.63) is 35.0 Å². The van der Waals surface area contributed by atoms with Gasteiger partial charge in [-0.2, -0.15) is 0 Å². The van der Waals surface area contributed by atoms with E-state index in [0.29, 0.717) is 6.04 Å². The fourth-order valence-corrected chi connectivity index (χ4v) is 2.42. The van der Waals surface area contributed by atoms with Crippen LogP contribution in [-0.4, -0.2) is 11.6 Å². The van der Waals surface area contributed by atoms with Gasteiger partial charge in [-0.3, -0.25) is 0 Å². The minimum atomic E-state index is 0.166. The Bertz CT molecular complexity index is 484. The van der Waals surface area contributed by atoms with Gasteiger partial charge in [-0.05, 0) is 57.4 Å². The molecule has 0 amide bonds. The third-order valence-corrected chi connectivity index (χ3v) is 3.74. The Morgan fingerprint density at radius 2 is 2.00 bits per heavy atom. The van der Waals surface area contributed by atoms with Crippen molar-refractivity contribution < 1.29 is 0 Å². The van der Waals surface area contributed by atoms with Crippen molar-refractivity contribution in [3.8, 4) is 0 Å². The molecule has 0 heterocycles. The summed E-state index contributed by atoms with van der Waals surface area (Å²) in [5, 5.41) is 7.21. The molecule has 1 aromatic carbocycles. The summed E-state index contributed by atoms with van der Waals surface area (Å²) in [6.07, 6.45) is 4.42. The predicted molar refractivity (Wildman–Crippen MR) is 84.4 cm³/mol. The summed E-state index contributed by atoms with van der Waals surface area (Å²) in [5.41, 5.74) is 5.54. The standard InChI is InChI=1S/C17H26N2/c1-6-17(4,5)19-14-10-13-8-7-9-16(15(13)11-14)18-12(2)3/h7-10,12,18-19H,6,11H2,1-5H3. The molecule has 2 nitrogen and oxygen atoms in total. The summed E-state index contributed by atoms with van der Waals surface area (Å²) in [4.78, 5) is 0. The Morgan fingerprint density at radius 1 is 1.26 bits per heavy atom. The van der Waals surface area contributed by atoms with Gasteiger partial charge in [0.2, 0.25) is 0 Å². The smallest absolute Gasteiger partial charge is 0.0384 e. The zero-order valence-electron chi connectivity index (χ0n) is 12.8. The second-order valence-electron chi connectivity index (χ2n) is 6.38. The molecule has 1 aliphatic carbocycles. The lowest BCUT2D eigenvalue weighted by Crippen LogP contribution is -2.37. The molecular formula is C17H26N2. The van der Waals surface area contributed by atoms with Crippen LogP contribution < -0.4 is 10.6 Å². The van der Waals surface area contributed by atoms with Gasteiger partial charge in [0.25, 0.3) is 0 Å². The van der Waals surface area contributed by atoms with E-state index >= 15 is 0 Å². The Labute approximate surface area is 117 Å². The molecule has 2 heteroatoms. The van der Waals surface area contributed by atoms with E-state index in [4.69, 9.17) is 0 Å². The monoisotopic (exact) mass is 258 g/mol. The Kier molecular flexibility index (Phi) is 3.88. The third kappa shape index (κ3) is 3.31. The van der Waals surface area contributed by atoms with Crippen LogP contribution in [0.15, 0.2) is 23.9 Å². The van der Waals surface area contributed by atoms with Crippen LogP contribution in [0, 0.1) is 0 Å². The first-order valence-corrected chi connectivity index (χ1v) is 7.28. The molecule has 0 bridgehead atoms. The van der Waals surface area contributed by atoms with Gasteiger partial charge in [0.15, 0.2) is 0 Å². The number of anilines is 1. The fourth-order valence-electron chi connectivity index (χ4n) is 2.42. The van der Waals surface area contributed by atoms with Crippen LogP contribution in [0.1, 0.15) is 52.2 Å².